The average Bonchev–Trinajstić information content (AvgIpc) is 3.14. The zero-order valence-electron chi connectivity index (χ0n) is 14.8. The van der Waals surface area contributed by atoms with Crippen LogP contribution in [0.3, 0.4) is 0 Å². The van der Waals surface area contributed by atoms with Crippen molar-refractivity contribution < 1.29 is 13.2 Å². The molecule has 1 aromatic heterocycles. The highest BCUT2D eigenvalue weighted by Gasteiger charge is 2.31. The van der Waals surface area contributed by atoms with E-state index in [0.717, 1.165) is 36.2 Å². The quantitative estimate of drug-likeness (QED) is 0.678. The SMILES string of the molecule is CN(Cc1ccc(Cl)cc1Cl)C(=O)c1sccc1S(=O)(=O)N1CCCCC1. The van der Waals surface area contributed by atoms with Crippen molar-refractivity contribution in [3.63, 3.8) is 0 Å². The first-order valence-electron chi connectivity index (χ1n) is 8.58. The summed E-state index contributed by atoms with van der Waals surface area (Å²) >= 11 is 13.2. The second-order valence-corrected chi connectivity index (χ2v) is 10.1. The van der Waals surface area contributed by atoms with Gasteiger partial charge in [-0.2, -0.15) is 4.31 Å². The number of carbonyl (C=O) groups is 1. The van der Waals surface area contributed by atoms with Crippen molar-refractivity contribution in [2.24, 2.45) is 0 Å². The second-order valence-electron chi connectivity index (χ2n) is 6.48. The minimum absolute atomic E-state index is 0.0912. The standard InChI is InChI=1S/C18H20Cl2N2O3S2/c1-21(12-13-5-6-14(19)11-15(13)20)18(23)17-16(7-10-26-17)27(24,25)22-8-3-2-4-9-22/h5-7,10-11H,2-4,8-9,12H2,1H3. The van der Waals surface area contributed by atoms with E-state index in [-0.39, 0.29) is 22.2 Å². The van der Waals surface area contributed by atoms with Crippen LogP contribution in [-0.4, -0.2) is 43.7 Å². The molecule has 146 valence electrons. The molecule has 0 spiro atoms. The third kappa shape index (κ3) is 4.49. The predicted octanol–water partition coefficient (Wildman–Crippen LogP) is 4.50. The molecule has 1 fully saturated rings. The summed E-state index contributed by atoms with van der Waals surface area (Å²) in [5.41, 5.74) is 0.744. The molecule has 0 radical (unpaired) electrons. The van der Waals surface area contributed by atoms with Gasteiger partial charge < -0.3 is 4.90 Å². The lowest BCUT2D eigenvalue weighted by Crippen LogP contribution is -2.36. The van der Waals surface area contributed by atoms with Crippen molar-refractivity contribution in [1.82, 2.24) is 9.21 Å². The summed E-state index contributed by atoms with van der Waals surface area (Å²) in [5, 5.41) is 2.63. The summed E-state index contributed by atoms with van der Waals surface area (Å²) in [6, 6.07) is 6.60. The van der Waals surface area contributed by atoms with Crippen molar-refractivity contribution in [3.8, 4) is 0 Å². The van der Waals surface area contributed by atoms with E-state index < -0.39 is 10.0 Å². The Morgan fingerprint density at radius 3 is 2.56 bits per heavy atom. The fraction of sp³-hybridized carbons (Fsp3) is 0.389. The maximum atomic E-state index is 13.0. The summed E-state index contributed by atoms with van der Waals surface area (Å²) in [5.74, 6) is -0.341. The van der Waals surface area contributed by atoms with E-state index >= 15 is 0 Å². The van der Waals surface area contributed by atoms with Crippen LogP contribution in [-0.2, 0) is 16.6 Å². The first-order chi connectivity index (χ1) is 12.8. The lowest BCUT2D eigenvalue weighted by molar-refractivity contribution is 0.0786. The summed E-state index contributed by atoms with van der Waals surface area (Å²) < 4.78 is 27.4. The van der Waals surface area contributed by atoms with Crippen LogP contribution in [0, 0.1) is 0 Å². The number of nitrogens with zero attached hydrogens (tertiary/aromatic N) is 2. The minimum Gasteiger partial charge on any atom is -0.337 e. The normalized spacial score (nSPS) is 15.7. The number of hydrogen-bond acceptors (Lipinski definition) is 4. The minimum atomic E-state index is -3.66. The van der Waals surface area contributed by atoms with Gasteiger partial charge in [0.2, 0.25) is 10.0 Å². The Labute approximate surface area is 173 Å². The molecule has 5 nitrogen and oxygen atoms in total. The van der Waals surface area contributed by atoms with E-state index in [0.29, 0.717) is 23.1 Å². The van der Waals surface area contributed by atoms with Crippen molar-refractivity contribution in [1.29, 1.82) is 0 Å². The molecule has 2 aromatic rings. The van der Waals surface area contributed by atoms with Crippen LogP contribution in [0.1, 0.15) is 34.5 Å². The number of rotatable bonds is 5. The highest BCUT2D eigenvalue weighted by Crippen LogP contribution is 2.29. The van der Waals surface area contributed by atoms with Gasteiger partial charge in [-0.1, -0.05) is 35.7 Å². The molecule has 1 aliphatic rings. The van der Waals surface area contributed by atoms with Gasteiger partial charge in [-0.3, -0.25) is 4.79 Å². The first kappa shape index (κ1) is 20.6. The van der Waals surface area contributed by atoms with Crippen LogP contribution in [0.4, 0.5) is 0 Å². The number of piperidine rings is 1. The number of hydrogen-bond donors (Lipinski definition) is 0. The summed E-state index contributed by atoms with van der Waals surface area (Å²) in [7, 11) is -2.03. The fourth-order valence-corrected chi connectivity index (χ4v) is 6.43. The smallest absolute Gasteiger partial charge is 0.265 e. The predicted molar refractivity (Wildman–Crippen MR) is 109 cm³/mol. The Kier molecular flexibility index (Phi) is 6.48. The molecule has 27 heavy (non-hydrogen) atoms. The van der Waals surface area contributed by atoms with Crippen LogP contribution in [0.15, 0.2) is 34.5 Å². The van der Waals surface area contributed by atoms with Crippen molar-refractivity contribution in [2.45, 2.75) is 30.7 Å². The summed E-state index contributed by atoms with van der Waals surface area (Å²) in [6.45, 7) is 1.26. The van der Waals surface area contributed by atoms with E-state index in [9.17, 15) is 13.2 Å². The lowest BCUT2D eigenvalue weighted by Gasteiger charge is -2.26. The van der Waals surface area contributed by atoms with Gasteiger partial charge in [0.15, 0.2) is 0 Å². The van der Waals surface area contributed by atoms with E-state index in [1.165, 1.54) is 15.3 Å². The molecule has 0 saturated carbocycles. The zero-order valence-corrected chi connectivity index (χ0v) is 18.0. The number of carbonyl (C=O) groups excluding carboxylic acids is 1. The zero-order chi connectivity index (χ0) is 19.6. The molecule has 1 saturated heterocycles. The Hall–Kier alpha value is -1.12. The molecule has 0 bridgehead atoms. The molecule has 2 heterocycles. The van der Waals surface area contributed by atoms with E-state index in [4.69, 9.17) is 23.2 Å². The third-order valence-electron chi connectivity index (χ3n) is 4.53. The summed E-state index contributed by atoms with van der Waals surface area (Å²) in [4.78, 5) is 14.7. The van der Waals surface area contributed by atoms with Crippen LogP contribution in [0.5, 0.6) is 0 Å². The maximum absolute atomic E-state index is 13.0. The van der Waals surface area contributed by atoms with Gasteiger partial charge >= 0.3 is 0 Å². The molecule has 0 aliphatic carbocycles. The Bertz CT molecular complexity index is 938. The highest BCUT2D eigenvalue weighted by atomic mass is 35.5. The molecular formula is C18H20Cl2N2O3S2. The maximum Gasteiger partial charge on any atom is 0.265 e. The fourth-order valence-electron chi connectivity index (χ4n) is 3.05. The van der Waals surface area contributed by atoms with Gasteiger partial charge in [0.25, 0.3) is 5.91 Å². The molecule has 0 atom stereocenters. The lowest BCUT2D eigenvalue weighted by atomic mass is 10.2. The Morgan fingerprint density at radius 2 is 1.89 bits per heavy atom. The molecule has 1 aromatic carbocycles. The van der Waals surface area contributed by atoms with E-state index in [1.807, 2.05) is 0 Å². The summed E-state index contributed by atoms with van der Waals surface area (Å²) in [6.07, 6.45) is 2.73. The molecule has 3 rings (SSSR count). The van der Waals surface area contributed by atoms with Crippen LogP contribution in [0.25, 0.3) is 0 Å². The van der Waals surface area contributed by atoms with Crippen LogP contribution < -0.4 is 0 Å². The van der Waals surface area contributed by atoms with Crippen molar-refractivity contribution in [2.75, 3.05) is 20.1 Å². The van der Waals surface area contributed by atoms with E-state index in [1.54, 1.807) is 30.6 Å². The molecule has 9 heteroatoms. The molecule has 1 amide bonds. The van der Waals surface area contributed by atoms with Gasteiger partial charge in [0.05, 0.1) is 0 Å². The second kappa shape index (κ2) is 8.49. The highest BCUT2D eigenvalue weighted by molar-refractivity contribution is 7.89. The Morgan fingerprint density at radius 1 is 1.19 bits per heavy atom. The van der Waals surface area contributed by atoms with E-state index in [2.05, 4.69) is 0 Å². The van der Waals surface area contributed by atoms with Gasteiger partial charge in [-0.15, -0.1) is 11.3 Å². The van der Waals surface area contributed by atoms with Gasteiger partial charge in [0.1, 0.15) is 9.77 Å². The van der Waals surface area contributed by atoms with Gasteiger partial charge in [-0.05, 0) is 42.0 Å². The number of amides is 1. The molecule has 0 N–H and O–H groups in total. The van der Waals surface area contributed by atoms with Crippen molar-refractivity contribution >= 4 is 50.5 Å². The Balaban J connectivity index is 1.82. The van der Waals surface area contributed by atoms with Crippen LogP contribution >= 0.6 is 34.5 Å². The number of benzene rings is 1. The van der Waals surface area contributed by atoms with Gasteiger partial charge in [0, 0.05) is 36.7 Å². The van der Waals surface area contributed by atoms with Crippen molar-refractivity contribution in [3.05, 3.63) is 50.1 Å². The molecule has 0 unspecified atom stereocenters. The van der Waals surface area contributed by atoms with Gasteiger partial charge in [-0.25, -0.2) is 8.42 Å². The first-order valence-corrected chi connectivity index (χ1v) is 11.7. The molecular weight excluding hydrogens is 427 g/mol. The number of thiophene rings is 1. The molecule has 1 aliphatic heterocycles. The number of halogens is 2. The average molecular weight is 447 g/mol. The van der Waals surface area contributed by atoms with Crippen LogP contribution in [0.2, 0.25) is 10.0 Å². The monoisotopic (exact) mass is 446 g/mol. The third-order valence-corrected chi connectivity index (χ3v) is 8.09. The topological polar surface area (TPSA) is 57.7 Å². The number of sulfonamides is 1. The largest absolute Gasteiger partial charge is 0.337 e.